The monoisotopic (exact) mass is 299 g/mol. The van der Waals surface area contributed by atoms with Crippen molar-refractivity contribution in [2.24, 2.45) is 5.10 Å². The van der Waals surface area contributed by atoms with Gasteiger partial charge in [0.2, 0.25) is 0 Å². The lowest BCUT2D eigenvalue weighted by Gasteiger charge is -2.15. The van der Waals surface area contributed by atoms with Gasteiger partial charge in [0.25, 0.3) is 0 Å². The van der Waals surface area contributed by atoms with Gasteiger partial charge in [-0.2, -0.15) is 5.10 Å². The summed E-state index contributed by atoms with van der Waals surface area (Å²) in [4.78, 5) is 0. The average Bonchev–Trinajstić information content (AvgIpc) is 2.50. The van der Waals surface area contributed by atoms with Crippen LogP contribution in [0.5, 0.6) is 5.75 Å². The number of phenols is 1. The van der Waals surface area contributed by atoms with E-state index in [2.05, 4.69) is 15.8 Å². The second-order valence-electron chi connectivity index (χ2n) is 4.53. The number of thiocarbonyl (C=S) groups is 1. The molecule has 21 heavy (non-hydrogen) atoms. The summed E-state index contributed by atoms with van der Waals surface area (Å²) in [7, 11) is 0. The van der Waals surface area contributed by atoms with Crippen molar-refractivity contribution in [2.75, 3.05) is 0 Å². The van der Waals surface area contributed by atoms with Gasteiger partial charge in [0, 0.05) is 5.56 Å². The predicted molar refractivity (Wildman–Crippen MR) is 89.4 cm³/mol. The van der Waals surface area contributed by atoms with Crippen molar-refractivity contribution >= 4 is 23.5 Å². The maximum Gasteiger partial charge on any atom is 0.187 e. The van der Waals surface area contributed by atoms with E-state index in [9.17, 15) is 5.11 Å². The van der Waals surface area contributed by atoms with Gasteiger partial charge in [-0.05, 0) is 36.8 Å². The highest BCUT2D eigenvalue weighted by atomic mass is 32.1. The number of benzene rings is 2. The molecule has 2 aromatic rings. The molecule has 0 saturated carbocycles. The Kier molecular flexibility index (Phi) is 5.29. The fourth-order valence-corrected chi connectivity index (χ4v) is 2.04. The standard InChI is InChI=1S/C16H17N3OS/c1-12(13-7-3-2-4-8-13)18-16(21)19-17-11-14-9-5-6-10-15(14)20/h2-12,20H,1H3,(H2,18,19,21)/b17-11-/t12-/m0/s1. The zero-order valence-corrected chi connectivity index (χ0v) is 12.5. The Morgan fingerprint density at radius 1 is 1.14 bits per heavy atom. The van der Waals surface area contributed by atoms with Crippen molar-refractivity contribution in [3.05, 3.63) is 65.7 Å². The fourth-order valence-electron chi connectivity index (χ4n) is 1.81. The molecule has 4 nitrogen and oxygen atoms in total. The number of nitrogens with one attached hydrogen (secondary N) is 2. The van der Waals surface area contributed by atoms with Crippen molar-refractivity contribution in [2.45, 2.75) is 13.0 Å². The van der Waals surface area contributed by atoms with Crippen molar-refractivity contribution < 1.29 is 5.11 Å². The highest BCUT2D eigenvalue weighted by Crippen LogP contribution is 2.12. The van der Waals surface area contributed by atoms with Crippen molar-refractivity contribution in [3.63, 3.8) is 0 Å². The summed E-state index contributed by atoms with van der Waals surface area (Å²) in [6, 6.07) is 17.1. The van der Waals surface area contributed by atoms with Gasteiger partial charge in [0.1, 0.15) is 5.75 Å². The molecule has 1 atom stereocenters. The van der Waals surface area contributed by atoms with Crippen LogP contribution in [-0.2, 0) is 0 Å². The van der Waals surface area contributed by atoms with Crippen LogP contribution in [0, 0.1) is 0 Å². The summed E-state index contributed by atoms with van der Waals surface area (Å²) in [5.41, 5.74) is 4.51. The van der Waals surface area contributed by atoms with Gasteiger partial charge in [0.15, 0.2) is 5.11 Å². The molecule has 0 aliphatic heterocycles. The SMILES string of the molecule is C[C@H](NC(=S)N/N=C\c1ccccc1O)c1ccccc1. The highest BCUT2D eigenvalue weighted by molar-refractivity contribution is 7.80. The van der Waals surface area contributed by atoms with Crippen LogP contribution < -0.4 is 10.7 Å². The largest absolute Gasteiger partial charge is 0.507 e. The number of hydrogen-bond donors (Lipinski definition) is 3. The van der Waals surface area contributed by atoms with E-state index < -0.39 is 0 Å². The average molecular weight is 299 g/mol. The molecule has 0 aliphatic rings. The summed E-state index contributed by atoms with van der Waals surface area (Å²) in [5, 5.41) is 17.2. The van der Waals surface area contributed by atoms with E-state index >= 15 is 0 Å². The summed E-state index contributed by atoms with van der Waals surface area (Å²) in [6.07, 6.45) is 1.52. The van der Waals surface area contributed by atoms with E-state index in [1.807, 2.05) is 43.3 Å². The molecule has 108 valence electrons. The van der Waals surface area contributed by atoms with Crippen LogP contribution >= 0.6 is 12.2 Å². The Bertz CT molecular complexity index is 628. The summed E-state index contributed by atoms with van der Waals surface area (Å²) >= 11 is 5.18. The fraction of sp³-hybridized carbons (Fsp3) is 0.125. The summed E-state index contributed by atoms with van der Waals surface area (Å²) < 4.78 is 0. The molecular formula is C16H17N3OS. The van der Waals surface area contributed by atoms with Gasteiger partial charge in [-0.25, -0.2) is 0 Å². The third-order valence-corrected chi connectivity index (χ3v) is 3.16. The van der Waals surface area contributed by atoms with Gasteiger partial charge in [-0.3, -0.25) is 5.43 Å². The molecule has 0 radical (unpaired) electrons. The van der Waals surface area contributed by atoms with Crippen LogP contribution in [0.1, 0.15) is 24.1 Å². The molecule has 0 fully saturated rings. The van der Waals surface area contributed by atoms with E-state index in [4.69, 9.17) is 12.2 Å². The van der Waals surface area contributed by atoms with Crippen molar-refractivity contribution in [1.82, 2.24) is 10.7 Å². The van der Waals surface area contributed by atoms with Crippen LogP contribution in [0.15, 0.2) is 59.7 Å². The predicted octanol–water partition coefficient (Wildman–Crippen LogP) is 2.95. The van der Waals surface area contributed by atoms with Gasteiger partial charge in [0.05, 0.1) is 12.3 Å². The first-order valence-corrected chi connectivity index (χ1v) is 7.00. The number of nitrogens with zero attached hydrogens (tertiary/aromatic N) is 1. The number of para-hydroxylation sites is 1. The molecule has 0 bridgehead atoms. The molecule has 5 heteroatoms. The molecule has 0 aromatic heterocycles. The number of rotatable bonds is 4. The molecule has 0 unspecified atom stereocenters. The first kappa shape index (κ1) is 15.0. The number of hydrogen-bond acceptors (Lipinski definition) is 3. The number of aromatic hydroxyl groups is 1. The van der Waals surface area contributed by atoms with Crippen LogP contribution in [0.4, 0.5) is 0 Å². The molecule has 0 spiro atoms. The second-order valence-corrected chi connectivity index (χ2v) is 4.94. The van der Waals surface area contributed by atoms with Crippen LogP contribution in [-0.4, -0.2) is 16.4 Å². The quantitative estimate of drug-likeness (QED) is 0.461. The van der Waals surface area contributed by atoms with Crippen LogP contribution in [0.2, 0.25) is 0 Å². The Morgan fingerprint density at radius 3 is 2.52 bits per heavy atom. The number of phenolic OH excluding ortho intramolecular Hbond substituents is 1. The van der Waals surface area contributed by atoms with Gasteiger partial charge < -0.3 is 10.4 Å². The minimum absolute atomic E-state index is 0.0894. The minimum Gasteiger partial charge on any atom is -0.507 e. The van der Waals surface area contributed by atoms with Crippen molar-refractivity contribution in [3.8, 4) is 5.75 Å². The smallest absolute Gasteiger partial charge is 0.187 e. The van der Waals surface area contributed by atoms with Gasteiger partial charge in [-0.1, -0.05) is 42.5 Å². The lowest BCUT2D eigenvalue weighted by Crippen LogP contribution is -2.34. The molecule has 0 aliphatic carbocycles. The molecule has 2 rings (SSSR count). The topological polar surface area (TPSA) is 56.7 Å². The molecule has 0 heterocycles. The zero-order valence-electron chi connectivity index (χ0n) is 11.7. The lowest BCUT2D eigenvalue weighted by molar-refractivity contribution is 0.474. The maximum atomic E-state index is 9.60. The summed E-state index contributed by atoms with van der Waals surface area (Å²) in [6.45, 7) is 2.02. The lowest BCUT2D eigenvalue weighted by atomic mass is 10.1. The second kappa shape index (κ2) is 7.40. The van der Waals surface area contributed by atoms with E-state index in [0.29, 0.717) is 10.7 Å². The van der Waals surface area contributed by atoms with Gasteiger partial charge in [-0.15, -0.1) is 0 Å². The highest BCUT2D eigenvalue weighted by Gasteiger charge is 2.05. The Hall–Kier alpha value is -2.40. The Morgan fingerprint density at radius 2 is 1.81 bits per heavy atom. The molecule has 3 N–H and O–H groups in total. The van der Waals surface area contributed by atoms with Gasteiger partial charge >= 0.3 is 0 Å². The van der Waals surface area contributed by atoms with E-state index in [0.717, 1.165) is 5.56 Å². The Labute approximate surface area is 129 Å². The minimum atomic E-state index is 0.0894. The van der Waals surface area contributed by atoms with Crippen LogP contribution in [0.25, 0.3) is 0 Å². The summed E-state index contributed by atoms with van der Waals surface area (Å²) in [5.74, 6) is 0.180. The third-order valence-electron chi connectivity index (χ3n) is 2.95. The van der Waals surface area contributed by atoms with Crippen molar-refractivity contribution in [1.29, 1.82) is 0 Å². The van der Waals surface area contributed by atoms with E-state index in [1.165, 1.54) is 6.21 Å². The van der Waals surface area contributed by atoms with E-state index in [-0.39, 0.29) is 11.8 Å². The first-order valence-electron chi connectivity index (χ1n) is 6.59. The third kappa shape index (κ3) is 4.57. The Balaban J connectivity index is 1.87. The maximum absolute atomic E-state index is 9.60. The normalized spacial score (nSPS) is 12.0. The van der Waals surface area contributed by atoms with Crippen LogP contribution in [0.3, 0.4) is 0 Å². The molecule has 0 saturated heterocycles. The molecular weight excluding hydrogens is 282 g/mol. The number of hydrazone groups is 1. The molecule has 2 aromatic carbocycles. The van der Waals surface area contributed by atoms with E-state index in [1.54, 1.807) is 18.2 Å². The molecule has 0 amide bonds. The first-order chi connectivity index (χ1) is 10.2. The zero-order chi connectivity index (χ0) is 15.1.